The average molecular weight is 272 g/mol. The van der Waals surface area contributed by atoms with Gasteiger partial charge in [-0.25, -0.2) is 0 Å². The fourth-order valence-corrected chi connectivity index (χ4v) is 3.58. The van der Waals surface area contributed by atoms with Gasteiger partial charge in [0, 0.05) is 13.5 Å². The molecule has 2 aliphatic carbocycles. The molecule has 0 amide bonds. The maximum Gasteiger partial charge on any atom is 0.162 e. The Hall–Kier alpha value is -1.45. The van der Waals surface area contributed by atoms with Crippen molar-refractivity contribution >= 4 is 11.4 Å². The second-order valence-corrected chi connectivity index (χ2v) is 5.75. The zero-order valence-electron chi connectivity index (χ0n) is 12.3. The van der Waals surface area contributed by atoms with Gasteiger partial charge in [-0.05, 0) is 54.5 Å². The topological polar surface area (TPSA) is 35.5 Å². The molecule has 3 heteroatoms. The summed E-state index contributed by atoms with van der Waals surface area (Å²) >= 11 is 0. The van der Waals surface area contributed by atoms with Crippen LogP contribution in [0.15, 0.2) is 23.8 Å². The fourth-order valence-electron chi connectivity index (χ4n) is 3.58. The number of allylic oxidation sites excluding steroid dienone is 1. The van der Waals surface area contributed by atoms with E-state index in [1.165, 1.54) is 16.7 Å². The van der Waals surface area contributed by atoms with E-state index in [-0.39, 0.29) is 12.6 Å². The summed E-state index contributed by atoms with van der Waals surface area (Å²) in [7, 11) is 1.62. The summed E-state index contributed by atoms with van der Waals surface area (Å²) in [6, 6.07) is 6.31. The number of benzene rings is 1. The largest absolute Gasteiger partial charge is 0.359 e. The lowest BCUT2D eigenvalue weighted by molar-refractivity contribution is -0.128. The number of fused-ring (bicyclic) bond motifs is 3. The van der Waals surface area contributed by atoms with Gasteiger partial charge in [-0.15, -0.1) is 0 Å². The summed E-state index contributed by atoms with van der Waals surface area (Å²) in [5.74, 6) is 0.199. The summed E-state index contributed by atoms with van der Waals surface area (Å²) in [5.41, 5.74) is 5.31. The molecular formula is C17H20O3. The molecule has 0 heterocycles. The van der Waals surface area contributed by atoms with Crippen LogP contribution in [0.25, 0.3) is 5.57 Å². The molecule has 3 nitrogen and oxygen atoms in total. The molecule has 0 bridgehead atoms. The highest BCUT2D eigenvalue weighted by Gasteiger charge is 2.48. The SMILES string of the molecule is COCOC12CCc3c(C)cccc3C1=C(C)C(=O)C2. The van der Waals surface area contributed by atoms with E-state index in [0.717, 1.165) is 24.0 Å². The van der Waals surface area contributed by atoms with Gasteiger partial charge in [0.2, 0.25) is 0 Å². The lowest BCUT2D eigenvalue weighted by Crippen LogP contribution is -2.37. The van der Waals surface area contributed by atoms with Gasteiger partial charge in [0.1, 0.15) is 12.4 Å². The molecule has 2 aliphatic rings. The molecule has 1 atom stereocenters. The van der Waals surface area contributed by atoms with Gasteiger partial charge in [-0.1, -0.05) is 18.2 Å². The van der Waals surface area contributed by atoms with Crippen molar-refractivity contribution in [3.05, 3.63) is 40.5 Å². The van der Waals surface area contributed by atoms with Crippen LogP contribution in [-0.2, 0) is 20.7 Å². The van der Waals surface area contributed by atoms with Crippen molar-refractivity contribution in [3.8, 4) is 0 Å². The van der Waals surface area contributed by atoms with Crippen molar-refractivity contribution in [3.63, 3.8) is 0 Å². The summed E-state index contributed by atoms with van der Waals surface area (Å²) in [5, 5.41) is 0. The van der Waals surface area contributed by atoms with Crippen molar-refractivity contribution in [2.24, 2.45) is 0 Å². The Morgan fingerprint density at radius 2 is 2.10 bits per heavy atom. The molecule has 20 heavy (non-hydrogen) atoms. The Balaban J connectivity index is 2.15. The van der Waals surface area contributed by atoms with Gasteiger partial charge in [-0.3, -0.25) is 4.79 Å². The van der Waals surface area contributed by atoms with Gasteiger partial charge in [0.15, 0.2) is 5.78 Å². The lowest BCUT2D eigenvalue weighted by Gasteiger charge is -2.37. The highest BCUT2D eigenvalue weighted by molar-refractivity contribution is 6.10. The molecular weight excluding hydrogens is 252 g/mol. The second kappa shape index (κ2) is 4.83. The molecule has 0 aliphatic heterocycles. The van der Waals surface area contributed by atoms with E-state index in [1.54, 1.807) is 7.11 Å². The number of ether oxygens (including phenoxy) is 2. The predicted octanol–water partition coefficient (Wildman–Crippen LogP) is 3.05. The average Bonchev–Trinajstić information content (AvgIpc) is 2.69. The summed E-state index contributed by atoms with van der Waals surface area (Å²) < 4.78 is 11.1. The third-order valence-corrected chi connectivity index (χ3v) is 4.61. The zero-order chi connectivity index (χ0) is 14.3. The molecule has 3 rings (SSSR count). The van der Waals surface area contributed by atoms with Gasteiger partial charge in [0.25, 0.3) is 0 Å². The van der Waals surface area contributed by atoms with Crippen LogP contribution in [0.5, 0.6) is 0 Å². The number of carbonyl (C=O) groups excluding carboxylic acids is 1. The number of rotatable bonds is 3. The number of methoxy groups -OCH3 is 1. The van der Waals surface area contributed by atoms with E-state index in [9.17, 15) is 4.79 Å². The van der Waals surface area contributed by atoms with E-state index >= 15 is 0 Å². The third kappa shape index (κ3) is 1.85. The van der Waals surface area contributed by atoms with Crippen molar-refractivity contribution in [2.75, 3.05) is 13.9 Å². The molecule has 1 unspecified atom stereocenters. The summed E-state index contributed by atoms with van der Waals surface area (Å²) in [4.78, 5) is 12.2. The molecule has 0 fully saturated rings. The standard InChI is InChI=1S/C17H20O3/c1-11-5-4-6-14-13(11)7-8-17(20-10-19-3)9-15(18)12(2)16(14)17/h4-6H,7-10H2,1-3H3. The van der Waals surface area contributed by atoms with Gasteiger partial charge in [0.05, 0.1) is 0 Å². The minimum absolute atomic E-state index is 0.199. The monoisotopic (exact) mass is 272 g/mol. The number of ketones is 1. The Bertz CT molecular complexity index is 600. The molecule has 0 spiro atoms. The third-order valence-electron chi connectivity index (χ3n) is 4.61. The highest BCUT2D eigenvalue weighted by Crippen LogP contribution is 2.50. The Morgan fingerprint density at radius 1 is 1.30 bits per heavy atom. The molecule has 0 radical (unpaired) electrons. The van der Waals surface area contributed by atoms with Crippen molar-refractivity contribution in [2.45, 2.75) is 38.7 Å². The maximum absolute atomic E-state index is 12.2. The molecule has 1 aromatic rings. The minimum Gasteiger partial charge on any atom is -0.359 e. The molecule has 0 saturated heterocycles. The zero-order valence-corrected chi connectivity index (χ0v) is 12.3. The second-order valence-electron chi connectivity index (χ2n) is 5.75. The molecule has 0 aromatic heterocycles. The predicted molar refractivity (Wildman–Crippen MR) is 77.4 cm³/mol. The maximum atomic E-state index is 12.2. The Kier molecular flexibility index (Phi) is 3.27. The van der Waals surface area contributed by atoms with E-state index in [4.69, 9.17) is 9.47 Å². The smallest absolute Gasteiger partial charge is 0.162 e. The van der Waals surface area contributed by atoms with Crippen LogP contribution in [0, 0.1) is 6.92 Å². The highest BCUT2D eigenvalue weighted by atomic mass is 16.7. The number of hydrogen-bond acceptors (Lipinski definition) is 3. The van der Waals surface area contributed by atoms with Gasteiger partial charge >= 0.3 is 0 Å². The normalized spacial score (nSPS) is 24.9. The van der Waals surface area contributed by atoms with Crippen LogP contribution in [0.1, 0.15) is 36.5 Å². The number of hydrogen-bond donors (Lipinski definition) is 0. The Morgan fingerprint density at radius 3 is 2.85 bits per heavy atom. The molecule has 1 aromatic carbocycles. The first-order chi connectivity index (χ1) is 9.59. The molecule has 106 valence electrons. The lowest BCUT2D eigenvalue weighted by atomic mass is 9.75. The number of carbonyl (C=O) groups is 1. The fraction of sp³-hybridized carbons (Fsp3) is 0.471. The summed E-state index contributed by atoms with van der Waals surface area (Å²) in [6.07, 6.45) is 2.26. The van der Waals surface area contributed by atoms with Crippen molar-refractivity contribution in [1.29, 1.82) is 0 Å². The molecule has 0 N–H and O–H groups in total. The first-order valence-corrected chi connectivity index (χ1v) is 7.05. The van der Waals surface area contributed by atoms with Crippen LogP contribution < -0.4 is 0 Å². The van der Waals surface area contributed by atoms with Gasteiger partial charge < -0.3 is 9.47 Å². The quantitative estimate of drug-likeness (QED) is 0.793. The first-order valence-electron chi connectivity index (χ1n) is 7.05. The summed E-state index contributed by atoms with van der Waals surface area (Å²) in [6.45, 7) is 4.28. The van der Waals surface area contributed by atoms with Crippen LogP contribution >= 0.6 is 0 Å². The van der Waals surface area contributed by atoms with E-state index in [2.05, 4.69) is 25.1 Å². The number of aryl methyl sites for hydroxylation is 1. The van der Waals surface area contributed by atoms with E-state index in [1.807, 2.05) is 6.92 Å². The van der Waals surface area contributed by atoms with Crippen molar-refractivity contribution < 1.29 is 14.3 Å². The van der Waals surface area contributed by atoms with E-state index in [0.29, 0.717) is 6.42 Å². The van der Waals surface area contributed by atoms with Crippen LogP contribution in [0.2, 0.25) is 0 Å². The minimum atomic E-state index is -0.474. The number of Topliss-reactive ketones (excluding diaryl/α,β-unsaturated/α-hetero) is 1. The van der Waals surface area contributed by atoms with Crippen LogP contribution in [-0.4, -0.2) is 25.3 Å². The van der Waals surface area contributed by atoms with E-state index < -0.39 is 5.60 Å². The first kappa shape index (κ1) is 13.5. The van der Waals surface area contributed by atoms with Crippen LogP contribution in [0.4, 0.5) is 0 Å². The van der Waals surface area contributed by atoms with Gasteiger partial charge in [-0.2, -0.15) is 0 Å². The molecule has 0 saturated carbocycles. The van der Waals surface area contributed by atoms with Crippen LogP contribution in [0.3, 0.4) is 0 Å². The van der Waals surface area contributed by atoms with Crippen molar-refractivity contribution in [1.82, 2.24) is 0 Å². The Labute approximate surface area is 119 Å².